The van der Waals surface area contributed by atoms with E-state index in [9.17, 15) is 4.79 Å². The highest BCUT2D eigenvalue weighted by molar-refractivity contribution is 5.76. The molecule has 0 radical (unpaired) electrons. The SMILES string of the molecule is Cc1nc(CCC(=O)NC(C)(C)CN)oc1-c1ccccc1. The molecule has 1 aromatic carbocycles. The number of hydrogen-bond acceptors (Lipinski definition) is 4. The van der Waals surface area contributed by atoms with Crippen LogP contribution in [0.3, 0.4) is 0 Å². The first-order valence-corrected chi connectivity index (χ1v) is 7.44. The summed E-state index contributed by atoms with van der Waals surface area (Å²) in [7, 11) is 0. The predicted octanol–water partition coefficient (Wildman–Crippen LogP) is 2.44. The number of nitrogens with two attached hydrogens (primary N) is 1. The number of hydrogen-bond donors (Lipinski definition) is 2. The van der Waals surface area contributed by atoms with Crippen LogP contribution < -0.4 is 11.1 Å². The van der Waals surface area contributed by atoms with Gasteiger partial charge in [0.1, 0.15) is 0 Å². The Balaban J connectivity index is 1.99. The van der Waals surface area contributed by atoms with E-state index in [1.165, 1.54) is 0 Å². The lowest BCUT2D eigenvalue weighted by Gasteiger charge is -2.23. The van der Waals surface area contributed by atoms with Crippen LogP contribution in [0, 0.1) is 6.92 Å². The van der Waals surface area contributed by atoms with Crippen molar-refractivity contribution in [3.8, 4) is 11.3 Å². The van der Waals surface area contributed by atoms with Crippen molar-refractivity contribution in [2.75, 3.05) is 6.54 Å². The summed E-state index contributed by atoms with van der Waals surface area (Å²) in [5, 5.41) is 2.90. The molecule has 3 N–H and O–H groups in total. The highest BCUT2D eigenvalue weighted by Gasteiger charge is 2.19. The molecule has 0 saturated heterocycles. The molecule has 0 atom stereocenters. The number of amides is 1. The van der Waals surface area contributed by atoms with Crippen molar-refractivity contribution in [3.05, 3.63) is 41.9 Å². The Bertz CT molecular complexity index is 633. The molecule has 0 aliphatic carbocycles. The minimum atomic E-state index is -0.390. The fraction of sp³-hybridized carbons (Fsp3) is 0.412. The second kappa shape index (κ2) is 6.75. The minimum Gasteiger partial charge on any atom is -0.440 e. The maximum Gasteiger partial charge on any atom is 0.220 e. The third-order valence-electron chi connectivity index (χ3n) is 3.43. The van der Waals surface area contributed by atoms with Crippen molar-refractivity contribution in [2.45, 2.75) is 39.2 Å². The fourth-order valence-electron chi connectivity index (χ4n) is 2.13. The van der Waals surface area contributed by atoms with Gasteiger partial charge in [0.15, 0.2) is 11.7 Å². The fourth-order valence-corrected chi connectivity index (χ4v) is 2.13. The van der Waals surface area contributed by atoms with Gasteiger partial charge in [0, 0.05) is 30.5 Å². The maximum atomic E-state index is 11.9. The standard InChI is InChI=1S/C17H23N3O2/c1-12-16(13-7-5-4-6-8-13)22-15(19-12)10-9-14(21)20-17(2,3)11-18/h4-8H,9-11,18H2,1-3H3,(H,20,21). The largest absolute Gasteiger partial charge is 0.440 e. The highest BCUT2D eigenvalue weighted by Crippen LogP contribution is 2.24. The van der Waals surface area contributed by atoms with Crippen molar-refractivity contribution < 1.29 is 9.21 Å². The molecule has 2 aromatic rings. The summed E-state index contributed by atoms with van der Waals surface area (Å²) in [5.41, 5.74) is 7.04. The average molecular weight is 301 g/mol. The van der Waals surface area contributed by atoms with Gasteiger partial charge in [0.2, 0.25) is 5.91 Å². The van der Waals surface area contributed by atoms with Crippen molar-refractivity contribution >= 4 is 5.91 Å². The van der Waals surface area contributed by atoms with Gasteiger partial charge in [0.05, 0.1) is 5.69 Å². The molecular weight excluding hydrogens is 278 g/mol. The number of nitrogens with one attached hydrogen (secondary N) is 1. The van der Waals surface area contributed by atoms with Crippen molar-refractivity contribution in [2.24, 2.45) is 5.73 Å². The van der Waals surface area contributed by atoms with E-state index < -0.39 is 5.54 Å². The molecule has 0 fully saturated rings. The third-order valence-corrected chi connectivity index (χ3v) is 3.43. The number of nitrogens with zero attached hydrogens (tertiary/aromatic N) is 1. The monoisotopic (exact) mass is 301 g/mol. The van der Waals surface area contributed by atoms with Gasteiger partial charge < -0.3 is 15.5 Å². The summed E-state index contributed by atoms with van der Waals surface area (Å²) < 4.78 is 5.79. The van der Waals surface area contributed by atoms with E-state index in [0.717, 1.165) is 17.0 Å². The number of oxazole rings is 1. The van der Waals surface area contributed by atoms with Gasteiger partial charge >= 0.3 is 0 Å². The van der Waals surface area contributed by atoms with Gasteiger partial charge in [-0.15, -0.1) is 0 Å². The van der Waals surface area contributed by atoms with Crippen molar-refractivity contribution in [1.82, 2.24) is 10.3 Å². The van der Waals surface area contributed by atoms with Crippen LogP contribution in [0.4, 0.5) is 0 Å². The Morgan fingerprint density at radius 1 is 1.32 bits per heavy atom. The second-order valence-corrected chi connectivity index (χ2v) is 6.02. The van der Waals surface area contributed by atoms with Crippen LogP contribution in [0.15, 0.2) is 34.7 Å². The van der Waals surface area contributed by atoms with Crippen molar-refractivity contribution in [3.63, 3.8) is 0 Å². The average Bonchev–Trinajstić information content (AvgIpc) is 2.87. The molecule has 0 bridgehead atoms. The quantitative estimate of drug-likeness (QED) is 0.858. The van der Waals surface area contributed by atoms with Crippen LogP contribution in [-0.4, -0.2) is 23.0 Å². The second-order valence-electron chi connectivity index (χ2n) is 6.02. The summed E-state index contributed by atoms with van der Waals surface area (Å²) in [6, 6.07) is 9.83. The van der Waals surface area contributed by atoms with Crippen LogP contribution in [-0.2, 0) is 11.2 Å². The van der Waals surface area contributed by atoms with E-state index in [-0.39, 0.29) is 5.91 Å². The lowest BCUT2D eigenvalue weighted by Crippen LogP contribution is -2.48. The van der Waals surface area contributed by atoms with E-state index in [2.05, 4.69) is 10.3 Å². The molecule has 5 heteroatoms. The lowest BCUT2D eigenvalue weighted by molar-refractivity contribution is -0.122. The van der Waals surface area contributed by atoms with Gasteiger partial charge in [-0.1, -0.05) is 30.3 Å². The van der Waals surface area contributed by atoms with Gasteiger partial charge in [-0.2, -0.15) is 0 Å². The zero-order chi connectivity index (χ0) is 16.2. The van der Waals surface area contributed by atoms with Gasteiger partial charge in [0.25, 0.3) is 0 Å². The third kappa shape index (κ3) is 4.18. The highest BCUT2D eigenvalue weighted by atomic mass is 16.4. The predicted molar refractivity (Wildman–Crippen MR) is 86.3 cm³/mol. The Hall–Kier alpha value is -2.14. The number of aromatic nitrogens is 1. The van der Waals surface area contributed by atoms with E-state index >= 15 is 0 Å². The van der Waals surface area contributed by atoms with E-state index in [0.29, 0.717) is 25.3 Å². The molecule has 118 valence electrons. The molecule has 22 heavy (non-hydrogen) atoms. The zero-order valence-electron chi connectivity index (χ0n) is 13.3. The summed E-state index contributed by atoms with van der Waals surface area (Å²) in [5.74, 6) is 1.29. The first-order valence-electron chi connectivity index (χ1n) is 7.44. The van der Waals surface area contributed by atoms with Crippen LogP contribution in [0.2, 0.25) is 0 Å². The molecule has 1 aromatic heterocycles. The molecule has 0 spiro atoms. The molecule has 1 heterocycles. The number of benzene rings is 1. The first kappa shape index (κ1) is 16.2. The molecule has 0 unspecified atom stereocenters. The van der Waals surface area contributed by atoms with Crippen LogP contribution >= 0.6 is 0 Å². The van der Waals surface area contributed by atoms with Crippen LogP contribution in [0.25, 0.3) is 11.3 Å². The number of carbonyl (C=O) groups is 1. The van der Waals surface area contributed by atoms with E-state index in [4.69, 9.17) is 10.2 Å². The van der Waals surface area contributed by atoms with Gasteiger partial charge in [-0.3, -0.25) is 4.79 Å². The molecule has 1 amide bonds. The maximum absolute atomic E-state index is 11.9. The van der Waals surface area contributed by atoms with Gasteiger partial charge in [-0.25, -0.2) is 4.98 Å². The summed E-state index contributed by atoms with van der Waals surface area (Å²) >= 11 is 0. The van der Waals surface area contributed by atoms with Crippen LogP contribution in [0.5, 0.6) is 0 Å². The minimum absolute atomic E-state index is 0.0486. The number of rotatable bonds is 6. The molecule has 0 saturated carbocycles. The Morgan fingerprint density at radius 3 is 2.64 bits per heavy atom. The summed E-state index contributed by atoms with van der Waals surface area (Å²) in [6.07, 6.45) is 0.803. The van der Waals surface area contributed by atoms with Crippen molar-refractivity contribution in [1.29, 1.82) is 0 Å². The molecule has 5 nitrogen and oxygen atoms in total. The van der Waals surface area contributed by atoms with Gasteiger partial charge in [-0.05, 0) is 20.8 Å². The molecule has 0 aliphatic heterocycles. The topological polar surface area (TPSA) is 81.2 Å². The number of aryl methyl sites for hydroxylation is 2. The molecule has 0 aliphatic rings. The Kier molecular flexibility index (Phi) is 4.98. The Morgan fingerprint density at radius 2 is 2.00 bits per heavy atom. The van der Waals surface area contributed by atoms with Crippen LogP contribution in [0.1, 0.15) is 31.9 Å². The first-order chi connectivity index (χ1) is 10.4. The summed E-state index contributed by atoms with van der Waals surface area (Å²) in [4.78, 5) is 16.3. The molecular formula is C17H23N3O2. The zero-order valence-corrected chi connectivity index (χ0v) is 13.3. The normalized spacial score (nSPS) is 11.5. The van der Waals surface area contributed by atoms with E-state index in [1.807, 2.05) is 51.1 Å². The summed E-state index contributed by atoms with van der Waals surface area (Å²) in [6.45, 7) is 6.10. The smallest absolute Gasteiger partial charge is 0.220 e. The molecule has 2 rings (SSSR count). The van der Waals surface area contributed by atoms with E-state index in [1.54, 1.807) is 0 Å². The number of carbonyl (C=O) groups excluding carboxylic acids is 1. The Labute approximate surface area is 130 Å². The lowest BCUT2D eigenvalue weighted by atomic mass is 10.1.